The van der Waals surface area contributed by atoms with Crippen molar-refractivity contribution in [2.75, 3.05) is 19.3 Å². The molecule has 1 heterocycles. The Bertz CT molecular complexity index is 234. The van der Waals surface area contributed by atoms with Gasteiger partial charge in [-0.3, -0.25) is 4.68 Å². The maximum Gasteiger partial charge on any atom is 0.121 e. The summed E-state index contributed by atoms with van der Waals surface area (Å²) in [4.78, 5) is 2.18. The molecule has 12 heavy (non-hydrogen) atoms. The molecule has 0 aliphatic heterocycles. The molecule has 0 aliphatic rings. The second kappa shape index (κ2) is 3.58. The van der Waals surface area contributed by atoms with Crippen LogP contribution in [0.4, 0.5) is 5.82 Å². The van der Waals surface area contributed by atoms with Gasteiger partial charge >= 0.3 is 0 Å². The molecule has 4 nitrogen and oxygen atoms in total. The lowest BCUT2D eigenvalue weighted by Gasteiger charge is -2.10. The maximum atomic E-state index is 5.64. The number of nitrogen functional groups attached to an aromatic ring is 1. The summed E-state index contributed by atoms with van der Waals surface area (Å²) in [6, 6.07) is 1.91. The molecule has 0 spiro atoms. The molecule has 68 valence electrons. The average molecular weight is 168 g/mol. The minimum Gasteiger partial charge on any atom is -0.384 e. The quantitative estimate of drug-likeness (QED) is 0.713. The molecule has 4 heteroatoms. The van der Waals surface area contributed by atoms with E-state index in [9.17, 15) is 0 Å². The van der Waals surface area contributed by atoms with Gasteiger partial charge in [-0.1, -0.05) is 6.92 Å². The molecule has 0 fully saturated rings. The summed E-state index contributed by atoms with van der Waals surface area (Å²) in [6.07, 6.45) is 0. The third kappa shape index (κ3) is 1.98. The first-order valence-electron chi connectivity index (χ1n) is 4.10. The highest BCUT2D eigenvalue weighted by Crippen LogP contribution is 2.05. The van der Waals surface area contributed by atoms with Gasteiger partial charge in [-0.25, -0.2) is 0 Å². The number of hydrogen-bond donors (Lipinski definition) is 1. The Balaban J connectivity index is 2.64. The Morgan fingerprint density at radius 1 is 1.67 bits per heavy atom. The molecule has 1 aromatic rings. The topological polar surface area (TPSA) is 47.1 Å². The van der Waals surface area contributed by atoms with Gasteiger partial charge in [0.15, 0.2) is 0 Å². The second-order valence-electron chi connectivity index (χ2n) is 3.01. The van der Waals surface area contributed by atoms with Crippen molar-refractivity contribution in [1.82, 2.24) is 14.7 Å². The highest BCUT2D eigenvalue weighted by molar-refractivity contribution is 5.30. The van der Waals surface area contributed by atoms with Crippen molar-refractivity contribution in [3.63, 3.8) is 0 Å². The van der Waals surface area contributed by atoms with E-state index in [-0.39, 0.29) is 0 Å². The summed E-state index contributed by atoms with van der Waals surface area (Å²) in [7, 11) is 3.91. The van der Waals surface area contributed by atoms with Gasteiger partial charge in [0.1, 0.15) is 5.82 Å². The van der Waals surface area contributed by atoms with E-state index in [0.29, 0.717) is 0 Å². The first-order valence-corrected chi connectivity index (χ1v) is 4.10. The monoisotopic (exact) mass is 168 g/mol. The van der Waals surface area contributed by atoms with Crippen molar-refractivity contribution in [1.29, 1.82) is 0 Å². The molecule has 2 N–H and O–H groups in total. The van der Waals surface area contributed by atoms with Crippen molar-refractivity contribution in [2.24, 2.45) is 7.05 Å². The fraction of sp³-hybridized carbons (Fsp3) is 0.625. The van der Waals surface area contributed by atoms with E-state index in [1.807, 2.05) is 13.1 Å². The molecular weight excluding hydrogens is 152 g/mol. The summed E-state index contributed by atoms with van der Waals surface area (Å²) in [5, 5.41) is 4.25. The van der Waals surface area contributed by atoms with Crippen LogP contribution in [0.15, 0.2) is 6.07 Å². The number of hydrogen-bond acceptors (Lipinski definition) is 3. The number of nitrogens with zero attached hydrogens (tertiary/aromatic N) is 3. The van der Waals surface area contributed by atoms with Crippen molar-refractivity contribution in [3.8, 4) is 0 Å². The number of anilines is 1. The zero-order valence-corrected chi connectivity index (χ0v) is 7.91. The second-order valence-corrected chi connectivity index (χ2v) is 3.01. The smallest absolute Gasteiger partial charge is 0.121 e. The Kier molecular flexibility index (Phi) is 2.70. The third-order valence-corrected chi connectivity index (χ3v) is 1.94. The predicted molar refractivity (Wildman–Crippen MR) is 49.6 cm³/mol. The van der Waals surface area contributed by atoms with E-state index in [2.05, 4.69) is 24.0 Å². The molecular formula is C8H16N4. The SMILES string of the molecule is CCN(C)Cc1cc(N)n(C)n1. The predicted octanol–water partition coefficient (Wildman–Crippen LogP) is 0.454. The standard InChI is InChI=1S/C8H16N4/c1-4-11(2)6-7-5-8(9)12(3)10-7/h5H,4,6,9H2,1-3H3. The van der Waals surface area contributed by atoms with Gasteiger partial charge in [-0.05, 0) is 13.6 Å². The average Bonchev–Trinajstić information content (AvgIpc) is 2.31. The molecule has 1 aromatic heterocycles. The van der Waals surface area contributed by atoms with E-state index in [4.69, 9.17) is 5.73 Å². The number of aromatic nitrogens is 2. The van der Waals surface area contributed by atoms with Crippen LogP contribution in [-0.4, -0.2) is 28.3 Å². The van der Waals surface area contributed by atoms with E-state index < -0.39 is 0 Å². The third-order valence-electron chi connectivity index (χ3n) is 1.94. The maximum absolute atomic E-state index is 5.64. The Hall–Kier alpha value is -1.03. The normalized spacial score (nSPS) is 11.0. The van der Waals surface area contributed by atoms with E-state index in [1.165, 1.54) is 0 Å². The lowest BCUT2D eigenvalue weighted by Crippen LogP contribution is -2.17. The molecule has 0 amide bonds. The van der Waals surface area contributed by atoms with E-state index in [0.717, 1.165) is 24.6 Å². The number of aryl methyl sites for hydroxylation is 1. The summed E-state index contributed by atoms with van der Waals surface area (Å²) < 4.78 is 1.69. The van der Waals surface area contributed by atoms with Gasteiger partial charge in [0.25, 0.3) is 0 Å². The van der Waals surface area contributed by atoms with Crippen LogP contribution >= 0.6 is 0 Å². The molecule has 0 bridgehead atoms. The van der Waals surface area contributed by atoms with Crippen LogP contribution in [-0.2, 0) is 13.6 Å². The minimum absolute atomic E-state index is 0.717. The zero-order valence-electron chi connectivity index (χ0n) is 7.91. The first kappa shape index (κ1) is 9.06. The van der Waals surface area contributed by atoms with Gasteiger partial charge in [0.2, 0.25) is 0 Å². The molecule has 1 rings (SSSR count). The Labute approximate surface area is 73.0 Å². The molecule has 0 aromatic carbocycles. The van der Waals surface area contributed by atoms with Gasteiger partial charge < -0.3 is 10.6 Å². The van der Waals surface area contributed by atoms with Crippen LogP contribution < -0.4 is 5.73 Å². The minimum atomic E-state index is 0.717. The fourth-order valence-corrected chi connectivity index (χ4v) is 1.01. The summed E-state index contributed by atoms with van der Waals surface area (Å²) in [5.74, 6) is 0.717. The zero-order chi connectivity index (χ0) is 9.14. The largest absolute Gasteiger partial charge is 0.384 e. The van der Waals surface area contributed by atoms with Crippen molar-refractivity contribution >= 4 is 5.82 Å². The fourth-order valence-electron chi connectivity index (χ4n) is 1.01. The Morgan fingerprint density at radius 2 is 2.33 bits per heavy atom. The van der Waals surface area contributed by atoms with E-state index in [1.54, 1.807) is 4.68 Å². The lowest BCUT2D eigenvalue weighted by atomic mass is 10.4. The van der Waals surface area contributed by atoms with Crippen LogP contribution in [0.3, 0.4) is 0 Å². The lowest BCUT2D eigenvalue weighted by molar-refractivity contribution is 0.340. The van der Waals surface area contributed by atoms with Crippen molar-refractivity contribution < 1.29 is 0 Å². The van der Waals surface area contributed by atoms with Crippen LogP contribution in [0.5, 0.6) is 0 Å². The molecule has 0 radical (unpaired) electrons. The molecule has 0 unspecified atom stereocenters. The van der Waals surface area contributed by atoms with Crippen molar-refractivity contribution in [3.05, 3.63) is 11.8 Å². The van der Waals surface area contributed by atoms with Gasteiger partial charge in [0.05, 0.1) is 5.69 Å². The van der Waals surface area contributed by atoms with Crippen LogP contribution in [0.2, 0.25) is 0 Å². The number of rotatable bonds is 3. The van der Waals surface area contributed by atoms with E-state index >= 15 is 0 Å². The number of nitrogens with two attached hydrogens (primary N) is 1. The summed E-state index contributed by atoms with van der Waals surface area (Å²) >= 11 is 0. The Morgan fingerprint density at radius 3 is 2.75 bits per heavy atom. The highest BCUT2D eigenvalue weighted by atomic mass is 15.3. The van der Waals surface area contributed by atoms with Crippen molar-refractivity contribution in [2.45, 2.75) is 13.5 Å². The van der Waals surface area contributed by atoms with Crippen LogP contribution in [0.25, 0.3) is 0 Å². The first-order chi connectivity index (χ1) is 5.63. The molecule has 0 aliphatic carbocycles. The highest BCUT2D eigenvalue weighted by Gasteiger charge is 2.03. The molecule has 0 atom stereocenters. The molecule has 0 saturated heterocycles. The van der Waals surface area contributed by atoms with Gasteiger partial charge in [-0.15, -0.1) is 0 Å². The molecule has 0 saturated carbocycles. The van der Waals surface area contributed by atoms with Gasteiger partial charge in [-0.2, -0.15) is 5.10 Å². The summed E-state index contributed by atoms with van der Waals surface area (Å²) in [6.45, 7) is 4.00. The van der Waals surface area contributed by atoms with Gasteiger partial charge in [0, 0.05) is 19.7 Å². The van der Waals surface area contributed by atoms with Crippen LogP contribution in [0.1, 0.15) is 12.6 Å². The summed E-state index contributed by atoms with van der Waals surface area (Å²) in [5.41, 5.74) is 6.67. The van der Waals surface area contributed by atoms with Crippen LogP contribution in [0, 0.1) is 0 Å².